The van der Waals surface area contributed by atoms with Gasteiger partial charge < -0.3 is 10.4 Å². The van der Waals surface area contributed by atoms with E-state index in [9.17, 15) is 5.11 Å². The second-order valence-corrected chi connectivity index (χ2v) is 3.44. The van der Waals surface area contributed by atoms with Crippen molar-refractivity contribution in [1.29, 1.82) is 0 Å². The molecule has 1 aliphatic rings. The Labute approximate surface area is 74.7 Å². The lowest BCUT2D eigenvalue weighted by atomic mass is 10.0. The summed E-state index contributed by atoms with van der Waals surface area (Å²) in [6.07, 6.45) is 8.80. The van der Waals surface area contributed by atoms with Crippen LogP contribution in [-0.2, 0) is 0 Å². The van der Waals surface area contributed by atoms with E-state index in [-0.39, 0.29) is 6.10 Å². The molecule has 0 bridgehead atoms. The minimum atomic E-state index is -0.180. The molecule has 2 unspecified atom stereocenters. The molecule has 2 N–H and O–H groups in total. The van der Waals surface area contributed by atoms with Crippen molar-refractivity contribution in [1.82, 2.24) is 5.32 Å². The summed E-state index contributed by atoms with van der Waals surface area (Å²) in [7, 11) is 0. The average Bonchev–Trinajstić information content (AvgIpc) is 2.16. The molecule has 0 radical (unpaired) electrons. The largest absolute Gasteiger partial charge is 0.392 e. The predicted octanol–water partition coefficient (Wildman–Crippen LogP) is 1.46. The SMILES string of the molecule is CCC(O)CNC1C=CCCC1. The summed E-state index contributed by atoms with van der Waals surface area (Å²) in [6, 6.07) is 0.500. The summed E-state index contributed by atoms with van der Waals surface area (Å²) in [5.41, 5.74) is 0. The maximum absolute atomic E-state index is 9.30. The van der Waals surface area contributed by atoms with Gasteiger partial charge in [0.25, 0.3) is 0 Å². The number of hydrogen-bond acceptors (Lipinski definition) is 2. The minimum absolute atomic E-state index is 0.180. The third-order valence-electron chi connectivity index (χ3n) is 2.34. The fourth-order valence-corrected chi connectivity index (χ4v) is 1.41. The van der Waals surface area contributed by atoms with Crippen LogP contribution in [-0.4, -0.2) is 23.8 Å². The van der Waals surface area contributed by atoms with Crippen LogP contribution in [0.15, 0.2) is 12.2 Å². The third kappa shape index (κ3) is 3.37. The molecule has 1 aliphatic carbocycles. The molecule has 0 fully saturated rings. The van der Waals surface area contributed by atoms with E-state index in [4.69, 9.17) is 0 Å². The Bertz CT molecular complexity index is 145. The summed E-state index contributed by atoms with van der Waals surface area (Å²) in [6.45, 7) is 2.73. The number of hydrogen-bond donors (Lipinski definition) is 2. The van der Waals surface area contributed by atoms with Crippen molar-refractivity contribution in [3.05, 3.63) is 12.2 Å². The lowest BCUT2D eigenvalue weighted by Crippen LogP contribution is -2.34. The van der Waals surface area contributed by atoms with E-state index in [0.29, 0.717) is 6.04 Å². The molecule has 0 aromatic heterocycles. The Morgan fingerprint density at radius 2 is 2.50 bits per heavy atom. The summed E-state index contributed by atoms with van der Waals surface area (Å²) >= 11 is 0. The van der Waals surface area contributed by atoms with Gasteiger partial charge in [0.1, 0.15) is 0 Å². The number of allylic oxidation sites excluding steroid dienone is 1. The first kappa shape index (κ1) is 9.75. The van der Waals surface area contributed by atoms with Gasteiger partial charge in [-0.3, -0.25) is 0 Å². The van der Waals surface area contributed by atoms with Crippen LogP contribution < -0.4 is 5.32 Å². The highest BCUT2D eigenvalue weighted by molar-refractivity contribution is 4.97. The van der Waals surface area contributed by atoms with Crippen molar-refractivity contribution in [2.24, 2.45) is 0 Å². The Morgan fingerprint density at radius 3 is 3.08 bits per heavy atom. The topological polar surface area (TPSA) is 32.3 Å². The Morgan fingerprint density at radius 1 is 1.67 bits per heavy atom. The quantitative estimate of drug-likeness (QED) is 0.624. The first-order chi connectivity index (χ1) is 5.83. The van der Waals surface area contributed by atoms with Crippen molar-refractivity contribution in [2.75, 3.05) is 6.54 Å². The van der Waals surface area contributed by atoms with E-state index < -0.39 is 0 Å². The molecule has 2 atom stereocenters. The smallest absolute Gasteiger partial charge is 0.0662 e. The molecule has 0 spiro atoms. The number of aliphatic hydroxyl groups is 1. The van der Waals surface area contributed by atoms with Crippen molar-refractivity contribution < 1.29 is 5.11 Å². The maximum atomic E-state index is 9.30. The van der Waals surface area contributed by atoms with Crippen LogP contribution in [0.4, 0.5) is 0 Å². The van der Waals surface area contributed by atoms with Crippen molar-refractivity contribution >= 4 is 0 Å². The molecule has 0 heterocycles. The molecule has 0 saturated carbocycles. The molecule has 1 rings (SSSR count). The Hall–Kier alpha value is -0.340. The van der Waals surface area contributed by atoms with Crippen LogP contribution in [0.3, 0.4) is 0 Å². The van der Waals surface area contributed by atoms with Crippen molar-refractivity contribution in [3.8, 4) is 0 Å². The summed E-state index contributed by atoms with van der Waals surface area (Å²) in [5, 5.41) is 12.6. The Balaban J connectivity index is 2.13. The summed E-state index contributed by atoms with van der Waals surface area (Å²) in [5.74, 6) is 0. The van der Waals surface area contributed by atoms with Gasteiger partial charge in [-0.1, -0.05) is 19.1 Å². The standard InChI is InChI=1S/C10H19NO/c1-2-10(12)8-11-9-6-4-3-5-7-9/h4,6,9-12H,2-3,5,7-8H2,1H3. The molecule has 0 aliphatic heterocycles. The van der Waals surface area contributed by atoms with Gasteiger partial charge in [-0.2, -0.15) is 0 Å². The van der Waals surface area contributed by atoms with E-state index in [1.165, 1.54) is 19.3 Å². The van der Waals surface area contributed by atoms with Crippen LogP contribution in [0, 0.1) is 0 Å². The molecule has 0 saturated heterocycles. The highest BCUT2D eigenvalue weighted by Gasteiger charge is 2.08. The molecule has 12 heavy (non-hydrogen) atoms. The van der Waals surface area contributed by atoms with E-state index >= 15 is 0 Å². The van der Waals surface area contributed by atoms with Gasteiger partial charge in [-0.25, -0.2) is 0 Å². The van der Waals surface area contributed by atoms with Gasteiger partial charge >= 0.3 is 0 Å². The van der Waals surface area contributed by atoms with Crippen LogP contribution in [0.2, 0.25) is 0 Å². The van der Waals surface area contributed by atoms with E-state index in [1.54, 1.807) is 0 Å². The number of aliphatic hydroxyl groups excluding tert-OH is 1. The lowest BCUT2D eigenvalue weighted by Gasteiger charge is -2.19. The predicted molar refractivity (Wildman–Crippen MR) is 51.1 cm³/mol. The second kappa shape index (κ2) is 5.33. The highest BCUT2D eigenvalue weighted by Crippen LogP contribution is 2.09. The number of nitrogens with one attached hydrogen (secondary N) is 1. The zero-order chi connectivity index (χ0) is 8.81. The zero-order valence-corrected chi connectivity index (χ0v) is 7.79. The first-order valence-corrected chi connectivity index (χ1v) is 4.91. The van der Waals surface area contributed by atoms with Crippen LogP contribution in [0.5, 0.6) is 0 Å². The molecule has 0 aromatic carbocycles. The Kier molecular flexibility index (Phi) is 4.33. The highest BCUT2D eigenvalue weighted by atomic mass is 16.3. The van der Waals surface area contributed by atoms with Gasteiger partial charge in [0, 0.05) is 12.6 Å². The van der Waals surface area contributed by atoms with Gasteiger partial charge in [0.15, 0.2) is 0 Å². The molecule has 2 heteroatoms. The maximum Gasteiger partial charge on any atom is 0.0662 e. The number of rotatable bonds is 4. The monoisotopic (exact) mass is 169 g/mol. The molecule has 0 amide bonds. The normalized spacial score (nSPS) is 25.7. The molecule has 2 nitrogen and oxygen atoms in total. The van der Waals surface area contributed by atoms with Gasteiger partial charge in [-0.05, 0) is 25.7 Å². The van der Waals surface area contributed by atoms with Crippen LogP contribution >= 0.6 is 0 Å². The molecule has 0 aromatic rings. The van der Waals surface area contributed by atoms with Gasteiger partial charge in [-0.15, -0.1) is 0 Å². The van der Waals surface area contributed by atoms with E-state index in [2.05, 4.69) is 17.5 Å². The fraction of sp³-hybridized carbons (Fsp3) is 0.800. The summed E-state index contributed by atoms with van der Waals surface area (Å²) in [4.78, 5) is 0. The summed E-state index contributed by atoms with van der Waals surface area (Å²) < 4.78 is 0. The second-order valence-electron chi connectivity index (χ2n) is 3.44. The molecule has 70 valence electrons. The first-order valence-electron chi connectivity index (χ1n) is 4.91. The van der Waals surface area contributed by atoms with Crippen LogP contribution in [0.1, 0.15) is 32.6 Å². The van der Waals surface area contributed by atoms with E-state index in [1.807, 2.05) is 6.92 Å². The van der Waals surface area contributed by atoms with E-state index in [0.717, 1.165) is 13.0 Å². The van der Waals surface area contributed by atoms with Gasteiger partial charge in [0.2, 0.25) is 0 Å². The average molecular weight is 169 g/mol. The lowest BCUT2D eigenvalue weighted by molar-refractivity contribution is 0.164. The fourth-order valence-electron chi connectivity index (χ4n) is 1.41. The minimum Gasteiger partial charge on any atom is -0.392 e. The van der Waals surface area contributed by atoms with Gasteiger partial charge in [0.05, 0.1) is 6.10 Å². The van der Waals surface area contributed by atoms with Crippen molar-refractivity contribution in [3.63, 3.8) is 0 Å². The van der Waals surface area contributed by atoms with Crippen LogP contribution in [0.25, 0.3) is 0 Å². The van der Waals surface area contributed by atoms with Crippen molar-refractivity contribution in [2.45, 2.75) is 44.8 Å². The third-order valence-corrected chi connectivity index (χ3v) is 2.34. The molecular weight excluding hydrogens is 150 g/mol. The molecular formula is C10H19NO. The zero-order valence-electron chi connectivity index (χ0n) is 7.79.